The minimum Gasteiger partial charge on any atom is -0.422 e. The number of nitrogens with zero attached hydrogens (tertiary/aromatic N) is 2. The third-order valence-corrected chi connectivity index (χ3v) is 3.54. The molecule has 0 aliphatic rings. The van der Waals surface area contributed by atoms with Crippen LogP contribution in [0.4, 0.5) is 6.01 Å². The molecule has 0 aliphatic heterocycles. The molecule has 1 aromatic heterocycles. The van der Waals surface area contributed by atoms with Crippen LogP contribution in [0.5, 0.6) is 0 Å². The van der Waals surface area contributed by atoms with Gasteiger partial charge >= 0.3 is 6.01 Å². The van der Waals surface area contributed by atoms with Crippen molar-refractivity contribution >= 4 is 22.8 Å². The molecule has 0 atom stereocenters. The molecule has 0 bridgehead atoms. The lowest BCUT2D eigenvalue weighted by Crippen LogP contribution is -2.00. The van der Waals surface area contributed by atoms with Crippen molar-refractivity contribution in [3.8, 4) is 0 Å². The first-order chi connectivity index (χ1) is 10.1. The molecule has 1 heterocycles. The van der Waals surface area contributed by atoms with Crippen molar-refractivity contribution in [1.82, 2.24) is 4.98 Å². The Hall–Kier alpha value is -2.62. The number of rotatable bonds is 3. The first-order valence-corrected chi connectivity index (χ1v) is 6.87. The molecule has 4 nitrogen and oxygen atoms in total. The Labute approximate surface area is 123 Å². The first kappa shape index (κ1) is 13.4. The van der Waals surface area contributed by atoms with Gasteiger partial charge in [0.2, 0.25) is 0 Å². The van der Waals surface area contributed by atoms with Crippen molar-refractivity contribution in [2.45, 2.75) is 20.8 Å². The summed E-state index contributed by atoms with van der Waals surface area (Å²) in [5, 5.41) is 4.34. The van der Waals surface area contributed by atoms with E-state index in [1.165, 1.54) is 11.1 Å². The maximum atomic E-state index is 5.57. The van der Waals surface area contributed by atoms with Gasteiger partial charge in [-0.3, -0.25) is 0 Å². The Morgan fingerprint density at radius 3 is 2.67 bits per heavy atom. The highest BCUT2D eigenvalue weighted by Crippen LogP contribution is 2.18. The molecule has 106 valence electrons. The van der Waals surface area contributed by atoms with Crippen molar-refractivity contribution < 1.29 is 4.42 Å². The zero-order valence-electron chi connectivity index (χ0n) is 12.3. The number of oxazole rings is 1. The molecule has 0 amide bonds. The number of hydrogen-bond donors (Lipinski definition) is 1. The molecule has 0 saturated heterocycles. The largest absolute Gasteiger partial charge is 0.422 e. The van der Waals surface area contributed by atoms with Crippen LogP contribution >= 0.6 is 0 Å². The van der Waals surface area contributed by atoms with E-state index < -0.39 is 0 Å². The number of nitrogens with one attached hydrogen (secondary N) is 1. The lowest BCUT2D eigenvalue weighted by Gasteiger charge is -2.04. The summed E-state index contributed by atoms with van der Waals surface area (Å²) in [5.74, 6) is 0. The molecule has 3 aromatic rings. The molecule has 0 unspecified atom stereocenters. The van der Waals surface area contributed by atoms with Crippen molar-refractivity contribution in [2.24, 2.45) is 5.10 Å². The predicted molar refractivity (Wildman–Crippen MR) is 85.8 cm³/mol. The van der Waals surface area contributed by atoms with E-state index >= 15 is 0 Å². The highest BCUT2D eigenvalue weighted by Gasteiger charge is 2.04. The van der Waals surface area contributed by atoms with E-state index in [1.54, 1.807) is 0 Å². The van der Waals surface area contributed by atoms with Gasteiger partial charge in [-0.2, -0.15) is 10.1 Å². The zero-order chi connectivity index (χ0) is 14.8. The van der Waals surface area contributed by atoms with Crippen molar-refractivity contribution in [3.63, 3.8) is 0 Å². The highest BCUT2D eigenvalue weighted by molar-refractivity contribution is 5.99. The number of para-hydroxylation sites is 2. The summed E-state index contributed by atoms with van der Waals surface area (Å²) in [6, 6.07) is 14.3. The second-order valence-electron chi connectivity index (χ2n) is 5.09. The smallest absolute Gasteiger partial charge is 0.316 e. The van der Waals surface area contributed by atoms with E-state index in [4.69, 9.17) is 4.42 Å². The standard InChI is InChI=1S/C17H17N3O/c1-11-8-9-14(10-12(11)2)13(3)19-20-17-18-15-6-4-5-7-16(15)21-17/h4-10H,1-3H3,(H,18,20). The van der Waals surface area contributed by atoms with E-state index in [0.29, 0.717) is 6.01 Å². The van der Waals surface area contributed by atoms with Crippen LogP contribution in [0, 0.1) is 13.8 Å². The molecule has 4 heteroatoms. The topological polar surface area (TPSA) is 50.4 Å². The van der Waals surface area contributed by atoms with Gasteiger partial charge in [0.1, 0.15) is 5.52 Å². The van der Waals surface area contributed by atoms with Gasteiger partial charge in [0.25, 0.3) is 0 Å². The van der Waals surface area contributed by atoms with Gasteiger partial charge in [0, 0.05) is 0 Å². The highest BCUT2D eigenvalue weighted by atomic mass is 16.4. The minimum absolute atomic E-state index is 0.402. The van der Waals surface area contributed by atoms with Crippen LogP contribution in [0.1, 0.15) is 23.6 Å². The van der Waals surface area contributed by atoms with Crippen LogP contribution in [-0.2, 0) is 0 Å². The number of anilines is 1. The molecule has 2 aromatic carbocycles. The number of aryl methyl sites for hydroxylation is 2. The maximum absolute atomic E-state index is 5.57. The van der Waals surface area contributed by atoms with E-state index in [1.807, 2.05) is 31.2 Å². The molecule has 0 saturated carbocycles. The fourth-order valence-electron chi connectivity index (χ4n) is 2.08. The van der Waals surface area contributed by atoms with Crippen LogP contribution in [0.15, 0.2) is 52.0 Å². The molecule has 21 heavy (non-hydrogen) atoms. The van der Waals surface area contributed by atoms with Gasteiger partial charge in [-0.1, -0.05) is 24.3 Å². The van der Waals surface area contributed by atoms with Gasteiger partial charge in [0.15, 0.2) is 5.58 Å². The number of hydrazone groups is 1. The molecule has 1 N–H and O–H groups in total. The van der Waals surface area contributed by atoms with Crippen LogP contribution in [0.2, 0.25) is 0 Å². The summed E-state index contributed by atoms with van der Waals surface area (Å²) in [4.78, 5) is 4.33. The second kappa shape index (κ2) is 5.40. The molecule has 0 radical (unpaired) electrons. The Morgan fingerprint density at radius 1 is 1.10 bits per heavy atom. The monoisotopic (exact) mass is 279 g/mol. The number of hydrogen-bond acceptors (Lipinski definition) is 4. The molecule has 3 rings (SSSR count). The molecule has 0 fully saturated rings. The molecular weight excluding hydrogens is 262 g/mol. The molecule has 0 spiro atoms. The Kier molecular flexibility index (Phi) is 3.44. The third-order valence-electron chi connectivity index (χ3n) is 3.54. The average Bonchev–Trinajstić information content (AvgIpc) is 2.90. The first-order valence-electron chi connectivity index (χ1n) is 6.87. The van der Waals surface area contributed by atoms with Gasteiger partial charge < -0.3 is 4.42 Å². The van der Waals surface area contributed by atoms with Crippen molar-refractivity contribution in [2.75, 3.05) is 5.43 Å². The Balaban J connectivity index is 1.82. The van der Waals surface area contributed by atoms with E-state index in [-0.39, 0.29) is 0 Å². The van der Waals surface area contributed by atoms with Crippen LogP contribution in [0.25, 0.3) is 11.1 Å². The quantitative estimate of drug-likeness (QED) is 0.575. The van der Waals surface area contributed by atoms with Crippen LogP contribution < -0.4 is 5.43 Å². The number of benzene rings is 2. The Morgan fingerprint density at radius 2 is 1.90 bits per heavy atom. The summed E-state index contributed by atoms with van der Waals surface area (Å²) in [7, 11) is 0. The van der Waals surface area contributed by atoms with E-state index in [9.17, 15) is 0 Å². The summed E-state index contributed by atoms with van der Waals surface area (Å²) < 4.78 is 5.57. The van der Waals surface area contributed by atoms with E-state index in [2.05, 4.69) is 47.6 Å². The molecular formula is C17H17N3O. The van der Waals surface area contributed by atoms with Gasteiger partial charge in [-0.15, -0.1) is 0 Å². The summed E-state index contributed by atoms with van der Waals surface area (Å²) in [6.45, 7) is 6.16. The third kappa shape index (κ3) is 2.79. The van der Waals surface area contributed by atoms with Gasteiger partial charge in [-0.25, -0.2) is 5.43 Å². The Bertz CT molecular complexity index is 785. The van der Waals surface area contributed by atoms with Crippen LogP contribution in [-0.4, -0.2) is 10.7 Å². The SMILES string of the molecule is CC(=NNc1nc2ccccc2o1)c1ccc(C)c(C)c1. The molecule has 0 aliphatic carbocycles. The second-order valence-corrected chi connectivity index (χ2v) is 5.09. The lowest BCUT2D eigenvalue weighted by molar-refractivity contribution is 0.617. The fraction of sp³-hybridized carbons (Fsp3) is 0.176. The number of fused-ring (bicyclic) bond motifs is 1. The lowest BCUT2D eigenvalue weighted by atomic mass is 10.0. The fourth-order valence-corrected chi connectivity index (χ4v) is 2.08. The van der Waals surface area contributed by atoms with Crippen molar-refractivity contribution in [1.29, 1.82) is 0 Å². The predicted octanol–water partition coefficient (Wildman–Crippen LogP) is 4.28. The maximum Gasteiger partial charge on any atom is 0.316 e. The zero-order valence-corrected chi connectivity index (χ0v) is 12.3. The summed E-state index contributed by atoms with van der Waals surface area (Å²) >= 11 is 0. The average molecular weight is 279 g/mol. The normalized spacial score (nSPS) is 11.9. The summed E-state index contributed by atoms with van der Waals surface area (Å²) in [5.41, 5.74) is 8.95. The van der Waals surface area contributed by atoms with Crippen molar-refractivity contribution in [3.05, 3.63) is 59.2 Å². The summed E-state index contributed by atoms with van der Waals surface area (Å²) in [6.07, 6.45) is 0. The van der Waals surface area contributed by atoms with Crippen LogP contribution in [0.3, 0.4) is 0 Å². The van der Waals surface area contributed by atoms with E-state index in [0.717, 1.165) is 22.4 Å². The minimum atomic E-state index is 0.402. The van der Waals surface area contributed by atoms with Gasteiger partial charge in [-0.05, 0) is 55.7 Å². The number of aromatic nitrogens is 1. The van der Waals surface area contributed by atoms with Gasteiger partial charge in [0.05, 0.1) is 5.71 Å².